The highest BCUT2D eigenvalue weighted by molar-refractivity contribution is 5.85. The average molecular weight is 230 g/mol. The first-order valence-electron chi connectivity index (χ1n) is 5.30. The van der Waals surface area contributed by atoms with Crippen molar-refractivity contribution in [2.24, 2.45) is 5.92 Å². The van der Waals surface area contributed by atoms with Gasteiger partial charge in [0, 0.05) is 0 Å². The lowest BCUT2D eigenvalue weighted by Crippen LogP contribution is -2.09. The smallest absolute Gasteiger partial charge is 0.123 e. The van der Waals surface area contributed by atoms with Crippen LogP contribution < -0.4 is 5.32 Å². The molecule has 1 aromatic rings. The lowest BCUT2D eigenvalue weighted by molar-refractivity contribution is 0.532. The Hall–Kier alpha value is -0.600. The summed E-state index contributed by atoms with van der Waals surface area (Å²) in [5.41, 5.74) is 1.25. The van der Waals surface area contributed by atoms with Gasteiger partial charge >= 0.3 is 0 Å². The Bertz CT molecular complexity index is 280. The minimum atomic E-state index is -0.142. The lowest BCUT2D eigenvalue weighted by atomic mass is 9.99. The van der Waals surface area contributed by atoms with Crippen LogP contribution in [0.3, 0.4) is 0 Å². The number of hydrogen-bond donors (Lipinski definition) is 1. The third-order valence-corrected chi connectivity index (χ3v) is 2.92. The summed E-state index contributed by atoms with van der Waals surface area (Å²) in [6, 6.07) is 6.86. The average Bonchev–Trinajstić information content (AvgIpc) is 2.70. The van der Waals surface area contributed by atoms with Crippen LogP contribution in [0.2, 0.25) is 0 Å². The predicted octanol–water partition coefficient (Wildman–Crippen LogP) is 2.79. The molecule has 0 spiro atoms. The molecule has 1 aromatic carbocycles. The number of nitrogens with one attached hydrogen (secondary N) is 1. The molecule has 1 fully saturated rings. The fraction of sp³-hybridized carbons (Fsp3) is 0.500. The second-order valence-electron chi connectivity index (χ2n) is 4.02. The lowest BCUT2D eigenvalue weighted by Gasteiger charge is -2.07. The molecular formula is C12H17ClFN. The molecular weight excluding hydrogens is 213 g/mol. The molecule has 84 valence electrons. The first-order valence-corrected chi connectivity index (χ1v) is 5.30. The summed E-state index contributed by atoms with van der Waals surface area (Å²) in [6.45, 7) is 2.31. The Balaban J connectivity index is 0.00000112. The molecule has 0 radical (unpaired) electrons. The zero-order chi connectivity index (χ0) is 9.80. The maximum Gasteiger partial charge on any atom is 0.123 e. The molecule has 0 amide bonds. The van der Waals surface area contributed by atoms with Gasteiger partial charge in [0.2, 0.25) is 0 Å². The maximum atomic E-state index is 12.6. The SMILES string of the molecule is Cl.Fc1ccc(CCC2CCNC2)cc1. The van der Waals surface area contributed by atoms with Gasteiger partial charge in [-0.05, 0) is 56.0 Å². The summed E-state index contributed by atoms with van der Waals surface area (Å²) in [6.07, 6.45) is 3.59. The van der Waals surface area contributed by atoms with Crippen molar-refractivity contribution >= 4 is 12.4 Å². The van der Waals surface area contributed by atoms with E-state index in [0.29, 0.717) is 0 Å². The van der Waals surface area contributed by atoms with Crippen LogP contribution in [0.25, 0.3) is 0 Å². The Morgan fingerprint density at radius 2 is 2.00 bits per heavy atom. The fourth-order valence-electron chi connectivity index (χ4n) is 1.98. The number of hydrogen-bond acceptors (Lipinski definition) is 1. The van der Waals surface area contributed by atoms with Crippen molar-refractivity contribution in [2.45, 2.75) is 19.3 Å². The van der Waals surface area contributed by atoms with Crippen LogP contribution in [0.5, 0.6) is 0 Å². The van der Waals surface area contributed by atoms with Gasteiger partial charge in [0.1, 0.15) is 5.82 Å². The number of halogens is 2. The van der Waals surface area contributed by atoms with Gasteiger partial charge in [-0.2, -0.15) is 0 Å². The minimum absolute atomic E-state index is 0. The van der Waals surface area contributed by atoms with Crippen LogP contribution in [0.15, 0.2) is 24.3 Å². The van der Waals surface area contributed by atoms with Crippen LogP contribution in [-0.2, 0) is 6.42 Å². The summed E-state index contributed by atoms with van der Waals surface area (Å²) in [5.74, 6) is 0.677. The monoisotopic (exact) mass is 229 g/mol. The highest BCUT2D eigenvalue weighted by atomic mass is 35.5. The number of aryl methyl sites for hydroxylation is 1. The van der Waals surface area contributed by atoms with Crippen molar-refractivity contribution in [3.05, 3.63) is 35.6 Å². The van der Waals surface area contributed by atoms with E-state index >= 15 is 0 Å². The second kappa shape index (κ2) is 6.09. The highest BCUT2D eigenvalue weighted by Gasteiger charge is 2.13. The quantitative estimate of drug-likeness (QED) is 0.841. The normalized spacial score (nSPS) is 19.9. The third-order valence-electron chi connectivity index (χ3n) is 2.92. The Morgan fingerprint density at radius 3 is 2.60 bits per heavy atom. The summed E-state index contributed by atoms with van der Waals surface area (Å²) in [7, 11) is 0. The van der Waals surface area contributed by atoms with E-state index in [1.54, 1.807) is 12.1 Å². The molecule has 0 aliphatic carbocycles. The first-order chi connectivity index (χ1) is 6.84. The van der Waals surface area contributed by atoms with Crippen LogP contribution >= 0.6 is 12.4 Å². The van der Waals surface area contributed by atoms with Crippen LogP contribution in [-0.4, -0.2) is 13.1 Å². The molecule has 1 unspecified atom stereocenters. The van der Waals surface area contributed by atoms with Gasteiger partial charge in [0.15, 0.2) is 0 Å². The molecule has 2 rings (SSSR count). The Labute approximate surface area is 96.5 Å². The molecule has 1 heterocycles. The molecule has 0 bridgehead atoms. The van der Waals surface area contributed by atoms with Crippen molar-refractivity contribution in [2.75, 3.05) is 13.1 Å². The fourth-order valence-corrected chi connectivity index (χ4v) is 1.98. The van der Waals surface area contributed by atoms with Crippen molar-refractivity contribution in [1.82, 2.24) is 5.32 Å². The van der Waals surface area contributed by atoms with E-state index < -0.39 is 0 Å². The van der Waals surface area contributed by atoms with E-state index in [0.717, 1.165) is 25.4 Å². The van der Waals surface area contributed by atoms with E-state index in [1.807, 2.05) is 12.1 Å². The van der Waals surface area contributed by atoms with E-state index in [-0.39, 0.29) is 18.2 Å². The molecule has 0 saturated carbocycles. The predicted molar refractivity (Wildman–Crippen MR) is 62.9 cm³/mol. The van der Waals surface area contributed by atoms with Crippen molar-refractivity contribution in [3.63, 3.8) is 0 Å². The number of benzene rings is 1. The topological polar surface area (TPSA) is 12.0 Å². The Kier molecular flexibility index (Phi) is 5.06. The van der Waals surface area contributed by atoms with Gasteiger partial charge in [-0.15, -0.1) is 12.4 Å². The molecule has 15 heavy (non-hydrogen) atoms. The van der Waals surface area contributed by atoms with Gasteiger partial charge in [-0.1, -0.05) is 12.1 Å². The summed E-state index contributed by atoms with van der Waals surface area (Å²) in [4.78, 5) is 0. The van der Waals surface area contributed by atoms with E-state index in [1.165, 1.54) is 18.4 Å². The second-order valence-corrected chi connectivity index (χ2v) is 4.02. The highest BCUT2D eigenvalue weighted by Crippen LogP contribution is 2.15. The zero-order valence-electron chi connectivity index (χ0n) is 8.71. The molecule has 1 N–H and O–H groups in total. The molecule has 1 atom stereocenters. The van der Waals surface area contributed by atoms with Gasteiger partial charge < -0.3 is 5.32 Å². The van der Waals surface area contributed by atoms with Crippen molar-refractivity contribution in [3.8, 4) is 0 Å². The Morgan fingerprint density at radius 1 is 1.27 bits per heavy atom. The third kappa shape index (κ3) is 3.80. The molecule has 1 aliphatic rings. The van der Waals surface area contributed by atoms with Crippen LogP contribution in [0, 0.1) is 11.7 Å². The van der Waals surface area contributed by atoms with Crippen LogP contribution in [0.1, 0.15) is 18.4 Å². The van der Waals surface area contributed by atoms with Crippen LogP contribution in [0.4, 0.5) is 4.39 Å². The molecule has 1 saturated heterocycles. The molecule has 1 aliphatic heterocycles. The largest absolute Gasteiger partial charge is 0.316 e. The molecule has 0 aromatic heterocycles. The van der Waals surface area contributed by atoms with E-state index in [9.17, 15) is 4.39 Å². The summed E-state index contributed by atoms with van der Waals surface area (Å²) >= 11 is 0. The van der Waals surface area contributed by atoms with E-state index in [4.69, 9.17) is 0 Å². The summed E-state index contributed by atoms with van der Waals surface area (Å²) in [5, 5.41) is 3.36. The van der Waals surface area contributed by atoms with Gasteiger partial charge in [0.05, 0.1) is 0 Å². The van der Waals surface area contributed by atoms with Crippen molar-refractivity contribution < 1.29 is 4.39 Å². The standard InChI is InChI=1S/C12H16FN.ClH/c13-12-5-3-10(4-6-12)1-2-11-7-8-14-9-11;/h3-6,11,14H,1-2,7-9H2;1H. The van der Waals surface area contributed by atoms with Crippen molar-refractivity contribution in [1.29, 1.82) is 0 Å². The van der Waals surface area contributed by atoms with Gasteiger partial charge in [0.25, 0.3) is 0 Å². The number of rotatable bonds is 3. The first kappa shape index (κ1) is 12.5. The minimum Gasteiger partial charge on any atom is -0.316 e. The zero-order valence-corrected chi connectivity index (χ0v) is 9.52. The maximum absolute atomic E-state index is 12.6. The van der Waals surface area contributed by atoms with E-state index in [2.05, 4.69) is 5.32 Å². The molecule has 3 heteroatoms. The van der Waals surface area contributed by atoms with Gasteiger partial charge in [-0.3, -0.25) is 0 Å². The molecule has 1 nitrogen and oxygen atoms in total. The van der Waals surface area contributed by atoms with Gasteiger partial charge in [-0.25, -0.2) is 4.39 Å². The summed E-state index contributed by atoms with van der Waals surface area (Å²) < 4.78 is 12.6.